The minimum atomic E-state index is -5.02. The summed E-state index contributed by atoms with van der Waals surface area (Å²) in [5.74, 6) is -2.82. The smallest absolute Gasteiger partial charge is 0.480 e. The van der Waals surface area contributed by atoms with Gasteiger partial charge in [0.25, 0.3) is 5.91 Å². The number of nitrogens with one attached hydrogen (secondary N) is 2. The van der Waals surface area contributed by atoms with E-state index in [1.807, 2.05) is 0 Å². The van der Waals surface area contributed by atoms with Gasteiger partial charge < -0.3 is 20.1 Å². The monoisotopic (exact) mass is 519 g/mol. The first-order chi connectivity index (χ1) is 17.9. The number of fused-ring (bicyclic) bond motifs is 1. The van der Waals surface area contributed by atoms with Crippen LogP contribution in [-0.4, -0.2) is 44.9 Å². The fourth-order valence-corrected chi connectivity index (χ4v) is 3.24. The van der Waals surface area contributed by atoms with E-state index < -0.39 is 35.9 Å². The Hall–Kier alpha value is -4.75. The van der Waals surface area contributed by atoms with Gasteiger partial charge in [-0.25, -0.2) is 18.9 Å². The van der Waals surface area contributed by atoms with Gasteiger partial charge >= 0.3 is 6.36 Å². The number of methoxy groups -OCH3 is 1. The molecule has 14 heteroatoms. The van der Waals surface area contributed by atoms with Crippen LogP contribution in [0.15, 0.2) is 48.8 Å². The van der Waals surface area contributed by atoms with E-state index in [9.17, 15) is 27.2 Å². The molecule has 37 heavy (non-hydrogen) atoms. The second-order valence-corrected chi connectivity index (χ2v) is 7.46. The summed E-state index contributed by atoms with van der Waals surface area (Å²) in [7, 11) is 1.26. The maximum Gasteiger partial charge on any atom is 0.573 e. The predicted molar refractivity (Wildman–Crippen MR) is 121 cm³/mol. The molecule has 3 aromatic heterocycles. The molecule has 10 nitrogen and oxygen atoms in total. The number of hydrogen-bond donors (Lipinski definition) is 2. The summed E-state index contributed by atoms with van der Waals surface area (Å²) in [5, 5.41) is 9.13. The first kappa shape index (κ1) is 24.0. The fraction of sp³-hybridized carbons (Fsp3) is 0.174. The minimum absolute atomic E-state index is 0.121. The van der Waals surface area contributed by atoms with Gasteiger partial charge in [-0.3, -0.25) is 9.59 Å². The van der Waals surface area contributed by atoms with Crippen LogP contribution in [0.1, 0.15) is 24.2 Å². The number of alkyl halides is 3. The standard InChI is InChI=1S/C23H18F4N6O4/c1-12(34)30-19-11-33-20(31-19)6-5-18(32-33)14-8-16(22(36-2)29-10-14)21(35)28-9-13-7-15(3-4-17(13)24)37-23(25,26)27/h3-8,10-11H,9H2,1-2H3,(H,28,35)(H,30,34)/i9D. The first-order valence-electron chi connectivity index (χ1n) is 11.0. The minimum Gasteiger partial charge on any atom is -0.480 e. The SMILES string of the molecule is [2H]C(NC(=O)c1cc(-c2ccc3nc(NC(C)=O)cn3n2)cnc1OC)c1cc(OC(F)(F)F)ccc1F. The number of halogens is 4. The Labute approximate surface area is 207 Å². The average Bonchev–Trinajstić information content (AvgIpc) is 3.24. The molecule has 0 spiro atoms. The number of nitrogens with zero attached hydrogens (tertiary/aromatic N) is 4. The van der Waals surface area contributed by atoms with Crippen molar-refractivity contribution < 1.29 is 38.0 Å². The number of carbonyl (C=O) groups is 2. The van der Waals surface area contributed by atoms with E-state index in [4.69, 9.17) is 6.11 Å². The third kappa shape index (κ3) is 6.09. The zero-order chi connectivity index (χ0) is 27.6. The molecule has 0 aliphatic carbocycles. The van der Waals surface area contributed by atoms with E-state index in [1.54, 1.807) is 12.1 Å². The number of rotatable bonds is 7. The maximum atomic E-state index is 14.3. The van der Waals surface area contributed by atoms with Crippen LogP contribution >= 0.6 is 0 Å². The van der Waals surface area contributed by atoms with Crippen LogP contribution in [0.4, 0.5) is 23.4 Å². The number of carbonyl (C=O) groups excluding carboxylic acids is 2. The summed E-state index contributed by atoms with van der Waals surface area (Å²) in [4.78, 5) is 32.5. The molecule has 2 N–H and O–H groups in total. The molecular formula is C23H18F4N6O4. The Morgan fingerprint density at radius 2 is 1.97 bits per heavy atom. The van der Waals surface area contributed by atoms with Crippen molar-refractivity contribution >= 4 is 23.3 Å². The van der Waals surface area contributed by atoms with Gasteiger partial charge in [0.15, 0.2) is 11.5 Å². The molecule has 4 rings (SSSR count). The van der Waals surface area contributed by atoms with Crippen molar-refractivity contribution in [2.45, 2.75) is 19.8 Å². The lowest BCUT2D eigenvalue weighted by Crippen LogP contribution is -2.24. The molecule has 2 amide bonds. The Bertz CT molecular complexity index is 1530. The number of hydrogen-bond acceptors (Lipinski definition) is 7. The number of amides is 2. The van der Waals surface area contributed by atoms with Gasteiger partial charge in [-0.05, 0) is 36.4 Å². The third-order valence-corrected chi connectivity index (χ3v) is 4.77. The lowest BCUT2D eigenvalue weighted by Gasteiger charge is -2.13. The number of ether oxygens (including phenoxy) is 2. The van der Waals surface area contributed by atoms with Crippen molar-refractivity contribution in [3.63, 3.8) is 0 Å². The molecule has 0 saturated heterocycles. The zero-order valence-corrected chi connectivity index (χ0v) is 19.1. The third-order valence-electron chi connectivity index (χ3n) is 4.77. The van der Waals surface area contributed by atoms with Crippen molar-refractivity contribution in [1.82, 2.24) is 24.9 Å². The van der Waals surface area contributed by atoms with Crippen LogP contribution in [0.25, 0.3) is 16.9 Å². The van der Waals surface area contributed by atoms with E-state index in [-0.39, 0.29) is 23.2 Å². The lowest BCUT2D eigenvalue weighted by atomic mass is 10.1. The second kappa shape index (κ2) is 10.1. The normalized spacial score (nSPS) is 12.5. The first-order valence-corrected chi connectivity index (χ1v) is 10.4. The van der Waals surface area contributed by atoms with Crippen LogP contribution in [0, 0.1) is 5.82 Å². The van der Waals surface area contributed by atoms with E-state index >= 15 is 0 Å². The molecule has 1 unspecified atom stereocenters. The van der Waals surface area contributed by atoms with Crippen molar-refractivity contribution in [2.75, 3.05) is 12.4 Å². The lowest BCUT2D eigenvalue weighted by molar-refractivity contribution is -0.274. The largest absolute Gasteiger partial charge is 0.573 e. The zero-order valence-electron chi connectivity index (χ0n) is 20.1. The van der Waals surface area contributed by atoms with Crippen molar-refractivity contribution in [3.8, 4) is 22.9 Å². The summed E-state index contributed by atoms with van der Waals surface area (Å²) in [6.45, 7) is -0.457. The molecule has 1 atom stereocenters. The molecule has 0 aliphatic heterocycles. The van der Waals surface area contributed by atoms with Crippen LogP contribution in [0.3, 0.4) is 0 Å². The molecule has 0 saturated carbocycles. The van der Waals surface area contributed by atoms with Crippen LogP contribution in [0.2, 0.25) is 0 Å². The second-order valence-electron chi connectivity index (χ2n) is 7.46. The highest BCUT2D eigenvalue weighted by Crippen LogP contribution is 2.26. The van der Waals surface area contributed by atoms with Gasteiger partial charge in [0.05, 0.1) is 20.4 Å². The number of anilines is 1. The predicted octanol–water partition coefficient (Wildman–Crippen LogP) is 3.73. The number of benzene rings is 1. The highest BCUT2D eigenvalue weighted by atomic mass is 19.4. The molecule has 1 aromatic carbocycles. The van der Waals surface area contributed by atoms with Crippen LogP contribution < -0.4 is 20.1 Å². The molecule has 0 aliphatic rings. The van der Waals surface area contributed by atoms with Gasteiger partial charge in [-0.2, -0.15) is 5.10 Å². The summed E-state index contributed by atoms with van der Waals surface area (Å²) < 4.78 is 70.2. The average molecular weight is 519 g/mol. The quantitative estimate of drug-likeness (QED) is 0.357. The van der Waals surface area contributed by atoms with Gasteiger partial charge in [-0.15, -0.1) is 13.2 Å². The molecule has 0 fully saturated rings. The Kier molecular flexibility index (Phi) is 6.53. The van der Waals surface area contributed by atoms with Gasteiger partial charge in [0.2, 0.25) is 11.8 Å². The van der Waals surface area contributed by atoms with Crippen LogP contribution in [0.5, 0.6) is 11.6 Å². The molecule has 4 aromatic rings. The number of aromatic nitrogens is 4. The summed E-state index contributed by atoms with van der Waals surface area (Å²) in [6, 6.07) is 6.71. The fourth-order valence-electron chi connectivity index (χ4n) is 3.24. The van der Waals surface area contributed by atoms with E-state index in [0.29, 0.717) is 29.0 Å². The maximum absolute atomic E-state index is 14.3. The number of imidazole rings is 1. The molecule has 3 heterocycles. The van der Waals surface area contributed by atoms with Crippen molar-refractivity contribution in [3.05, 3.63) is 65.7 Å². The Morgan fingerprint density at radius 1 is 1.19 bits per heavy atom. The van der Waals surface area contributed by atoms with Gasteiger partial charge in [0.1, 0.15) is 17.1 Å². The molecule has 0 bridgehead atoms. The van der Waals surface area contributed by atoms with Gasteiger partial charge in [-0.1, -0.05) is 0 Å². The van der Waals surface area contributed by atoms with Crippen molar-refractivity contribution in [1.29, 1.82) is 0 Å². The molecular weight excluding hydrogens is 500 g/mol. The molecule has 0 radical (unpaired) electrons. The van der Waals surface area contributed by atoms with E-state index in [0.717, 1.165) is 6.07 Å². The Morgan fingerprint density at radius 3 is 2.68 bits per heavy atom. The summed E-state index contributed by atoms with van der Waals surface area (Å²) in [6.07, 6.45) is -2.15. The topological polar surface area (TPSA) is 120 Å². The van der Waals surface area contributed by atoms with E-state index in [2.05, 4.69) is 30.4 Å². The van der Waals surface area contributed by atoms with Crippen LogP contribution in [-0.2, 0) is 11.3 Å². The summed E-state index contributed by atoms with van der Waals surface area (Å²) >= 11 is 0. The van der Waals surface area contributed by atoms with E-state index in [1.165, 1.54) is 37.0 Å². The molecule has 192 valence electrons. The highest BCUT2D eigenvalue weighted by Gasteiger charge is 2.31. The highest BCUT2D eigenvalue weighted by molar-refractivity contribution is 5.97. The summed E-state index contributed by atoms with van der Waals surface area (Å²) in [5.41, 5.74) is 0.467. The number of pyridine rings is 1. The Balaban J connectivity index is 1.61. The van der Waals surface area contributed by atoms with Crippen molar-refractivity contribution in [2.24, 2.45) is 0 Å². The van der Waals surface area contributed by atoms with Gasteiger partial charge in [0, 0.05) is 30.8 Å².